The monoisotopic (exact) mass is 418 g/mol. The van der Waals surface area contributed by atoms with E-state index in [2.05, 4.69) is 31.2 Å². The summed E-state index contributed by atoms with van der Waals surface area (Å²) < 4.78 is 28.0. The first-order valence-corrected chi connectivity index (χ1v) is 9.05. The van der Waals surface area contributed by atoms with Crippen LogP contribution in [0.2, 0.25) is 0 Å². The third-order valence-corrected chi connectivity index (χ3v) is 5.86. The minimum Gasteiger partial charge on any atom is -0.313 e. The van der Waals surface area contributed by atoms with Crippen LogP contribution in [0.15, 0.2) is 52.4 Å². The van der Waals surface area contributed by atoms with Gasteiger partial charge in [-0.1, -0.05) is 6.07 Å². The van der Waals surface area contributed by atoms with Crippen molar-refractivity contribution in [3.8, 4) is 0 Å². The van der Waals surface area contributed by atoms with Crippen molar-refractivity contribution in [3.05, 3.63) is 53.0 Å². The zero-order valence-electron chi connectivity index (χ0n) is 12.1. The SMILES string of the molecule is Cl.O=S(=O)(c1cncc(Br)c1)N1CCNCC1c1cccnc1. The number of aromatic nitrogens is 2. The Hall–Kier alpha value is -1.06. The van der Waals surface area contributed by atoms with Crippen molar-refractivity contribution in [1.82, 2.24) is 19.6 Å². The Kier molecular flexibility index (Phi) is 6.10. The molecule has 1 atom stereocenters. The lowest BCUT2D eigenvalue weighted by atomic mass is 10.1. The van der Waals surface area contributed by atoms with Crippen molar-refractivity contribution >= 4 is 38.4 Å². The van der Waals surface area contributed by atoms with E-state index >= 15 is 0 Å². The van der Waals surface area contributed by atoms with Crippen molar-refractivity contribution in [1.29, 1.82) is 0 Å². The number of pyridine rings is 2. The van der Waals surface area contributed by atoms with Crippen LogP contribution in [0.3, 0.4) is 0 Å². The molecular formula is C14H16BrClN4O2S. The molecule has 0 aromatic carbocycles. The summed E-state index contributed by atoms with van der Waals surface area (Å²) >= 11 is 3.27. The third-order valence-electron chi connectivity index (χ3n) is 3.55. The Morgan fingerprint density at radius 1 is 1.26 bits per heavy atom. The molecule has 1 N–H and O–H groups in total. The molecule has 2 aromatic rings. The van der Waals surface area contributed by atoms with Gasteiger partial charge in [0.2, 0.25) is 10.0 Å². The summed E-state index contributed by atoms with van der Waals surface area (Å²) in [6.07, 6.45) is 6.33. The molecule has 0 aliphatic carbocycles. The van der Waals surface area contributed by atoms with Crippen LogP contribution in [-0.2, 0) is 10.0 Å². The van der Waals surface area contributed by atoms with E-state index in [1.54, 1.807) is 24.7 Å². The molecule has 1 unspecified atom stereocenters. The molecule has 0 bridgehead atoms. The van der Waals surface area contributed by atoms with Crippen LogP contribution in [0.25, 0.3) is 0 Å². The van der Waals surface area contributed by atoms with Gasteiger partial charge in [0.25, 0.3) is 0 Å². The Labute approximate surface area is 149 Å². The first kappa shape index (κ1) is 18.3. The number of rotatable bonds is 3. The Morgan fingerprint density at radius 2 is 2.09 bits per heavy atom. The van der Waals surface area contributed by atoms with Gasteiger partial charge in [-0.2, -0.15) is 4.31 Å². The summed E-state index contributed by atoms with van der Waals surface area (Å²) in [7, 11) is -3.61. The Morgan fingerprint density at radius 3 is 2.78 bits per heavy atom. The zero-order valence-corrected chi connectivity index (χ0v) is 15.3. The third kappa shape index (κ3) is 3.89. The first-order chi connectivity index (χ1) is 10.6. The number of nitrogens with zero attached hydrogens (tertiary/aromatic N) is 3. The first-order valence-electron chi connectivity index (χ1n) is 6.82. The van der Waals surface area contributed by atoms with Crippen molar-refractivity contribution < 1.29 is 8.42 Å². The highest BCUT2D eigenvalue weighted by atomic mass is 79.9. The molecule has 1 aliphatic heterocycles. The molecule has 0 spiro atoms. The van der Waals surface area contributed by atoms with Gasteiger partial charge in [-0.15, -0.1) is 12.4 Å². The second-order valence-electron chi connectivity index (χ2n) is 4.96. The smallest absolute Gasteiger partial charge is 0.245 e. The van der Waals surface area contributed by atoms with Crippen LogP contribution in [0.1, 0.15) is 11.6 Å². The molecule has 3 heterocycles. The standard InChI is InChI=1S/C14H15BrN4O2S.ClH/c15-12-6-13(9-18-8-12)22(20,21)19-5-4-17-10-14(19)11-2-1-3-16-7-11;/h1-3,6-9,14,17H,4-5,10H2;1H. The fraction of sp³-hybridized carbons (Fsp3) is 0.286. The topological polar surface area (TPSA) is 75.2 Å². The molecule has 1 fully saturated rings. The molecular weight excluding hydrogens is 404 g/mol. The highest BCUT2D eigenvalue weighted by molar-refractivity contribution is 9.10. The predicted molar refractivity (Wildman–Crippen MR) is 92.9 cm³/mol. The number of hydrogen-bond acceptors (Lipinski definition) is 5. The van der Waals surface area contributed by atoms with Crippen LogP contribution >= 0.6 is 28.3 Å². The van der Waals surface area contributed by atoms with Gasteiger partial charge in [-0.05, 0) is 33.6 Å². The van der Waals surface area contributed by atoms with E-state index in [0.29, 0.717) is 24.1 Å². The van der Waals surface area contributed by atoms with Crippen LogP contribution in [0.5, 0.6) is 0 Å². The molecule has 1 saturated heterocycles. The summed E-state index contributed by atoms with van der Waals surface area (Å²) in [5, 5.41) is 3.24. The summed E-state index contributed by atoms with van der Waals surface area (Å²) in [6, 6.07) is 5.01. The lowest BCUT2D eigenvalue weighted by Gasteiger charge is -2.35. The number of halogens is 2. The molecule has 6 nitrogen and oxygen atoms in total. The fourth-order valence-electron chi connectivity index (χ4n) is 2.50. The fourth-order valence-corrected chi connectivity index (χ4v) is 4.62. The quantitative estimate of drug-likeness (QED) is 0.823. The number of nitrogens with one attached hydrogen (secondary N) is 1. The van der Waals surface area contributed by atoms with Crippen molar-refractivity contribution in [2.75, 3.05) is 19.6 Å². The van der Waals surface area contributed by atoms with E-state index in [-0.39, 0.29) is 23.3 Å². The molecule has 0 saturated carbocycles. The maximum Gasteiger partial charge on any atom is 0.245 e. The lowest BCUT2D eigenvalue weighted by Crippen LogP contribution is -2.48. The van der Waals surface area contributed by atoms with Gasteiger partial charge in [0.15, 0.2) is 0 Å². The minimum absolute atomic E-state index is 0. The average molecular weight is 420 g/mol. The summed E-state index contributed by atoms with van der Waals surface area (Å²) in [5.74, 6) is 0. The Bertz CT molecular complexity index is 760. The Balaban J connectivity index is 0.00000192. The van der Waals surface area contributed by atoms with Gasteiger partial charge in [-0.3, -0.25) is 9.97 Å². The van der Waals surface area contributed by atoms with Crippen LogP contribution in [0, 0.1) is 0 Å². The predicted octanol–water partition coefficient (Wildman–Crippen LogP) is 2.00. The van der Waals surface area contributed by atoms with Gasteiger partial charge in [0.1, 0.15) is 4.90 Å². The van der Waals surface area contributed by atoms with Crippen molar-refractivity contribution in [2.45, 2.75) is 10.9 Å². The summed E-state index contributed by atoms with van der Waals surface area (Å²) in [4.78, 5) is 8.25. The molecule has 124 valence electrons. The molecule has 0 radical (unpaired) electrons. The van der Waals surface area contributed by atoms with Crippen LogP contribution in [0.4, 0.5) is 0 Å². The van der Waals surface area contributed by atoms with E-state index in [9.17, 15) is 8.42 Å². The molecule has 3 rings (SSSR count). The summed E-state index contributed by atoms with van der Waals surface area (Å²) in [6.45, 7) is 1.60. The van der Waals surface area contributed by atoms with Crippen molar-refractivity contribution in [2.24, 2.45) is 0 Å². The van der Waals surface area contributed by atoms with Gasteiger partial charge < -0.3 is 5.32 Å². The average Bonchev–Trinajstić information content (AvgIpc) is 2.56. The molecule has 1 aliphatic rings. The molecule has 2 aromatic heterocycles. The van der Waals surface area contributed by atoms with Crippen LogP contribution < -0.4 is 5.32 Å². The van der Waals surface area contributed by atoms with Gasteiger partial charge in [0, 0.05) is 48.9 Å². The van der Waals surface area contributed by atoms with E-state index < -0.39 is 10.0 Å². The largest absolute Gasteiger partial charge is 0.313 e. The lowest BCUT2D eigenvalue weighted by molar-refractivity contribution is 0.271. The number of piperazine rings is 1. The van der Waals surface area contributed by atoms with E-state index in [1.807, 2.05) is 12.1 Å². The van der Waals surface area contributed by atoms with Gasteiger partial charge in [0.05, 0.1) is 6.04 Å². The summed E-state index contributed by atoms with van der Waals surface area (Å²) in [5.41, 5.74) is 0.876. The van der Waals surface area contributed by atoms with Gasteiger partial charge in [-0.25, -0.2) is 8.42 Å². The second kappa shape index (κ2) is 7.67. The van der Waals surface area contributed by atoms with Gasteiger partial charge >= 0.3 is 0 Å². The molecule has 0 amide bonds. The number of sulfonamides is 1. The second-order valence-corrected chi connectivity index (χ2v) is 7.77. The maximum atomic E-state index is 12.9. The van der Waals surface area contributed by atoms with E-state index in [1.165, 1.54) is 10.5 Å². The van der Waals surface area contributed by atoms with Crippen LogP contribution in [-0.4, -0.2) is 42.3 Å². The van der Waals surface area contributed by atoms with E-state index in [4.69, 9.17) is 0 Å². The highest BCUT2D eigenvalue weighted by Crippen LogP contribution is 2.28. The number of hydrogen-bond donors (Lipinski definition) is 1. The minimum atomic E-state index is -3.61. The normalized spacial score (nSPS) is 19.1. The molecule has 9 heteroatoms. The maximum absolute atomic E-state index is 12.9. The van der Waals surface area contributed by atoms with E-state index in [0.717, 1.165) is 5.56 Å². The highest BCUT2D eigenvalue weighted by Gasteiger charge is 2.34. The zero-order chi connectivity index (χ0) is 15.6. The van der Waals surface area contributed by atoms with Crippen molar-refractivity contribution in [3.63, 3.8) is 0 Å². The molecule has 23 heavy (non-hydrogen) atoms.